The van der Waals surface area contributed by atoms with Crippen molar-refractivity contribution in [1.29, 1.82) is 0 Å². The van der Waals surface area contributed by atoms with Gasteiger partial charge >= 0.3 is 5.97 Å². The lowest BCUT2D eigenvalue weighted by molar-refractivity contribution is 0.0600. The Morgan fingerprint density at radius 1 is 1.41 bits per heavy atom. The third-order valence-electron chi connectivity index (χ3n) is 3.42. The lowest BCUT2D eigenvalue weighted by Gasteiger charge is -2.42. The molecule has 3 nitrogen and oxygen atoms in total. The van der Waals surface area contributed by atoms with Gasteiger partial charge in [0.1, 0.15) is 0 Å². The predicted octanol–water partition coefficient (Wildman–Crippen LogP) is 2.28. The highest BCUT2D eigenvalue weighted by Crippen LogP contribution is 2.28. The van der Waals surface area contributed by atoms with Gasteiger partial charge in [0.2, 0.25) is 0 Å². The summed E-state index contributed by atoms with van der Waals surface area (Å²) in [5, 5.41) is 0. The zero-order chi connectivity index (χ0) is 12.4. The summed E-state index contributed by atoms with van der Waals surface area (Å²) in [6.07, 6.45) is 0. The highest BCUT2D eigenvalue weighted by atomic mass is 16.5. The van der Waals surface area contributed by atoms with Crippen LogP contribution in [-0.4, -0.2) is 37.1 Å². The molecule has 0 bridgehead atoms. The third-order valence-corrected chi connectivity index (χ3v) is 3.42. The second-order valence-electron chi connectivity index (χ2n) is 4.86. The van der Waals surface area contributed by atoms with Crippen LogP contribution in [0.5, 0.6) is 0 Å². The van der Waals surface area contributed by atoms with E-state index in [1.54, 1.807) is 6.07 Å². The molecule has 3 heteroatoms. The second kappa shape index (κ2) is 4.88. The van der Waals surface area contributed by atoms with Gasteiger partial charge in [-0.2, -0.15) is 0 Å². The van der Waals surface area contributed by atoms with Crippen LogP contribution < -0.4 is 0 Å². The minimum atomic E-state index is -0.258. The Hall–Kier alpha value is -1.35. The Labute approximate surface area is 102 Å². The summed E-state index contributed by atoms with van der Waals surface area (Å²) in [6.45, 7) is 6.59. The van der Waals surface area contributed by atoms with Crippen molar-refractivity contribution in [2.45, 2.75) is 25.8 Å². The number of rotatable bonds is 3. The van der Waals surface area contributed by atoms with Crippen molar-refractivity contribution in [3.63, 3.8) is 0 Å². The van der Waals surface area contributed by atoms with E-state index in [1.165, 1.54) is 12.7 Å². The highest BCUT2D eigenvalue weighted by Gasteiger charge is 2.29. The Morgan fingerprint density at radius 3 is 2.71 bits per heavy atom. The molecule has 2 rings (SSSR count). The Balaban J connectivity index is 2.06. The molecule has 0 N–H and O–H groups in total. The molecular weight excluding hydrogens is 214 g/mol. The van der Waals surface area contributed by atoms with E-state index in [2.05, 4.69) is 24.8 Å². The summed E-state index contributed by atoms with van der Waals surface area (Å²) < 4.78 is 4.73. The topological polar surface area (TPSA) is 29.5 Å². The van der Waals surface area contributed by atoms with E-state index in [4.69, 9.17) is 4.74 Å². The normalized spacial score (nSPS) is 16.9. The number of nitrogens with zero attached hydrogens (tertiary/aromatic N) is 1. The first kappa shape index (κ1) is 12.1. The average Bonchev–Trinajstić information content (AvgIpc) is 2.26. The van der Waals surface area contributed by atoms with Gasteiger partial charge in [0.25, 0.3) is 0 Å². The maximum absolute atomic E-state index is 11.4. The maximum atomic E-state index is 11.4. The number of carbonyl (C=O) groups excluding carboxylic acids is 1. The van der Waals surface area contributed by atoms with Crippen molar-refractivity contribution in [2.24, 2.45) is 0 Å². The second-order valence-corrected chi connectivity index (χ2v) is 4.86. The number of likely N-dealkylation sites (tertiary alicyclic amines) is 1. The summed E-state index contributed by atoms with van der Waals surface area (Å²) in [4.78, 5) is 13.9. The number of benzene rings is 1. The van der Waals surface area contributed by atoms with Gasteiger partial charge in [0.05, 0.1) is 12.7 Å². The van der Waals surface area contributed by atoms with Crippen molar-refractivity contribution in [2.75, 3.05) is 20.2 Å². The van der Waals surface area contributed by atoms with Gasteiger partial charge in [-0.1, -0.05) is 12.1 Å². The van der Waals surface area contributed by atoms with Crippen molar-refractivity contribution < 1.29 is 9.53 Å². The molecule has 1 aromatic carbocycles. The zero-order valence-electron chi connectivity index (χ0n) is 10.6. The Kier molecular flexibility index (Phi) is 3.48. The van der Waals surface area contributed by atoms with Crippen molar-refractivity contribution >= 4 is 5.97 Å². The summed E-state index contributed by atoms with van der Waals surface area (Å²) in [6, 6.07) is 8.38. The number of ether oxygens (including phenoxy) is 1. The van der Waals surface area contributed by atoms with Crippen LogP contribution in [0.25, 0.3) is 0 Å². The zero-order valence-corrected chi connectivity index (χ0v) is 10.6. The quantitative estimate of drug-likeness (QED) is 0.750. The molecule has 1 aromatic rings. The smallest absolute Gasteiger partial charge is 0.337 e. The summed E-state index contributed by atoms with van der Waals surface area (Å²) in [5.74, 6) is 0.300. The maximum Gasteiger partial charge on any atom is 0.337 e. The van der Waals surface area contributed by atoms with E-state index in [0.29, 0.717) is 17.5 Å². The molecule has 0 aliphatic carbocycles. The molecule has 0 aromatic heterocycles. The van der Waals surface area contributed by atoms with E-state index >= 15 is 0 Å². The van der Waals surface area contributed by atoms with Gasteiger partial charge in [0, 0.05) is 25.0 Å². The fourth-order valence-corrected chi connectivity index (χ4v) is 2.18. The van der Waals surface area contributed by atoms with Crippen LogP contribution in [0.2, 0.25) is 0 Å². The first-order valence-corrected chi connectivity index (χ1v) is 6.04. The largest absolute Gasteiger partial charge is 0.465 e. The molecule has 0 unspecified atom stereocenters. The van der Waals surface area contributed by atoms with Crippen LogP contribution in [0.3, 0.4) is 0 Å². The van der Waals surface area contributed by atoms with E-state index in [1.807, 2.05) is 12.1 Å². The summed E-state index contributed by atoms with van der Waals surface area (Å²) >= 11 is 0. The van der Waals surface area contributed by atoms with E-state index in [0.717, 1.165) is 13.1 Å². The van der Waals surface area contributed by atoms with Crippen LogP contribution in [0.1, 0.15) is 35.7 Å². The molecule has 1 heterocycles. The van der Waals surface area contributed by atoms with Crippen molar-refractivity contribution in [3.05, 3.63) is 35.4 Å². The number of methoxy groups -OCH3 is 1. The Bertz CT molecular complexity index is 408. The van der Waals surface area contributed by atoms with Crippen molar-refractivity contribution in [1.82, 2.24) is 4.90 Å². The highest BCUT2D eigenvalue weighted by molar-refractivity contribution is 5.89. The van der Waals surface area contributed by atoms with Gasteiger partial charge in [-0.25, -0.2) is 4.79 Å². The van der Waals surface area contributed by atoms with E-state index < -0.39 is 0 Å². The van der Waals surface area contributed by atoms with Gasteiger partial charge in [0.15, 0.2) is 0 Å². The fourth-order valence-electron chi connectivity index (χ4n) is 2.18. The molecule has 0 radical (unpaired) electrons. The monoisotopic (exact) mass is 233 g/mol. The molecule has 1 aliphatic heterocycles. The average molecular weight is 233 g/mol. The van der Waals surface area contributed by atoms with Crippen LogP contribution in [0.15, 0.2) is 24.3 Å². The van der Waals surface area contributed by atoms with Gasteiger partial charge in [-0.3, -0.25) is 4.90 Å². The molecule has 17 heavy (non-hydrogen) atoms. The first-order chi connectivity index (χ1) is 8.11. The van der Waals surface area contributed by atoms with Gasteiger partial charge in [-0.05, 0) is 31.5 Å². The minimum absolute atomic E-state index is 0.258. The molecule has 1 fully saturated rings. The molecular formula is C14H19NO2. The molecule has 0 atom stereocenters. The van der Waals surface area contributed by atoms with Gasteiger partial charge < -0.3 is 4.74 Å². The fraction of sp³-hybridized carbons (Fsp3) is 0.500. The van der Waals surface area contributed by atoms with Crippen LogP contribution in [0.4, 0.5) is 0 Å². The van der Waals surface area contributed by atoms with Crippen molar-refractivity contribution in [3.8, 4) is 0 Å². The number of carbonyl (C=O) groups is 1. The third kappa shape index (κ3) is 2.50. The van der Waals surface area contributed by atoms with Crippen LogP contribution in [0, 0.1) is 0 Å². The minimum Gasteiger partial charge on any atom is -0.465 e. The first-order valence-electron chi connectivity index (χ1n) is 6.04. The Morgan fingerprint density at radius 2 is 2.12 bits per heavy atom. The van der Waals surface area contributed by atoms with Gasteiger partial charge in [-0.15, -0.1) is 0 Å². The number of hydrogen-bond acceptors (Lipinski definition) is 3. The molecule has 1 saturated heterocycles. The van der Waals surface area contributed by atoms with E-state index in [-0.39, 0.29) is 5.97 Å². The van der Waals surface area contributed by atoms with Crippen LogP contribution in [-0.2, 0) is 4.74 Å². The molecule has 1 aliphatic rings. The lowest BCUT2D eigenvalue weighted by Crippen LogP contribution is -2.48. The molecule has 92 valence electrons. The lowest BCUT2D eigenvalue weighted by atomic mass is 9.89. The SMILES string of the molecule is COC(=O)c1cccc(C2CN(C(C)C)C2)c1. The molecule has 0 amide bonds. The number of esters is 1. The summed E-state index contributed by atoms with van der Waals surface area (Å²) in [5.41, 5.74) is 1.89. The molecule has 0 saturated carbocycles. The van der Waals surface area contributed by atoms with E-state index in [9.17, 15) is 4.79 Å². The molecule has 0 spiro atoms. The predicted molar refractivity (Wildman–Crippen MR) is 67.2 cm³/mol. The number of hydrogen-bond donors (Lipinski definition) is 0. The summed E-state index contributed by atoms with van der Waals surface area (Å²) in [7, 11) is 1.42. The van der Waals surface area contributed by atoms with Crippen LogP contribution >= 0.6 is 0 Å². The standard InChI is InChI=1S/C14H19NO2/c1-10(2)15-8-13(9-15)11-5-4-6-12(7-11)14(16)17-3/h4-7,10,13H,8-9H2,1-3H3.